The van der Waals surface area contributed by atoms with Gasteiger partial charge in [0.15, 0.2) is 0 Å². The highest BCUT2D eigenvalue weighted by Crippen LogP contribution is 2.29. The van der Waals surface area contributed by atoms with E-state index in [0.29, 0.717) is 6.54 Å². The van der Waals surface area contributed by atoms with Gasteiger partial charge in [0.2, 0.25) is 5.91 Å². The van der Waals surface area contributed by atoms with Gasteiger partial charge < -0.3 is 15.6 Å². The first kappa shape index (κ1) is 16.8. The Kier molecular flexibility index (Phi) is 4.97. The summed E-state index contributed by atoms with van der Waals surface area (Å²) in [6.07, 6.45) is 5.58. The van der Waals surface area contributed by atoms with Crippen molar-refractivity contribution in [1.29, 1.82) is 0 Å². The van der Waals surface area contributed by atoms with Gasteiger partial charge in [-0.1, -0.05) is 30.3 Å². The molecule has 1 aliphatic rings. The molecule has 5 nitrogen and oxygen atoms in total. The number of carbonyl (C=O) groups excluding carboxylic acids is 1. The molecule has 1 aliphatic heterocycles. The van der Waals surface area contributed by atoms with Crippen molar-refractivity contribution in [2.45, 2.75) is 18.8 Å². The molecule has 134 valence electrons. The Labute approximate surface area is 153 Å². The summed E-state index contributed by atoms with van der Waals surface area (Å²) in [5.74, 6) is 0.396. The second-order valence-corrected chi connectivity index (χ2v) is 6.87. The number of carbonyl (C=O) groups is 1. The Morgan fingerprint density at radius 3 is 2.77 bits per heavy atom. The summed E-state index contributed by atoms with van der Waals surface area (Å²) in [6, 6.07) is 14.5. The van der Waals surface area contributed by atoms with E-state index >= 15 is 0 Å². The largest absolute Gasteiger partial charge is 0.355 e. The average Bonchev–Trinajstić information content (AvgIpc) is 3.19. The number of H-pyrrole nitrogens is 1. The number of fused-ring (bicyclic) bond motifs is 1. The molecule has 2 aromatic heterocycles. The Balaban J connectivity index is 1.60. The topological polar surface area (TPSA) is 69.8 Å². The molecule has 3 heterocycles. The van der Waals surface area contributed by atoms with E-state index in [0.717, 1.165) is 37.0 Å². The number of hydrogen-bond acceptors (Lipinski definition) is 3. The zero-order valence-electron chi connectivity index (χ0n) is 14.7. The van der Waals surface area contributed by atoms with Crippen molar-refractivity contribution in [3.8, 4) is 0 Å². The van der Waals surface area contributed by atoms with Gasteiger partial charge in [-0.25, -0.2) is 4.98 Å². The summed E-state index contributed by atoms with van der Waals surface area (Å²) >= 11 is 0. The highest BCUT2D eigenvalue weighted by atomic mass is 16.1. The number of aromatic amines is 1. The lowest BCUT2D eigenvalue weighted by Gasteiger charge is -2.24. The molecule has 0 aliphatic carbocycles. The number of nitrogens with one attached hydrogen (secondary N) is 3. The van der Waals surface area contributed by atoms with Crippen LogP contribution in [0, 0.1) is 5.92 Å². The summed E-state index contributed by atoms with van der Waals surface area (Å²) in [5.41, 5.74) is 3.27. The van der Waals surface area contributed by atoms with E-state index in [1.807, 2.05) is 30.6 Å². The van der Waals surface area contributed by atoms with Crippen LogP contribution >= 0.6 is 0 Å². The van der Waals surface area contributed by atoms with Gasteiger partial charge in [0, 0.05) is 36.2 Å². The van der Waals surface area contributed by atoms with Crippen LogP contribution in [0.3, 0.4) is 0 Å². The van der Waals surface area contributed by atoms with Crippen LogP contribution in [-0.4, -0.2) is 35.5 Å². The second kappa shape index (κ2) is 7.70. The summed E-state index contributed by atoms with van der Waals surface area (Å²) in [5, 5.41) is 7.63. The quantitative estimate of drug-likeness (QED) is 0.664. The predicted molar refractivity (Wildman–Crippen MR) is 103 cm³/mol. The number of aromatic nitrogens is 2. The van der Waals surface area contributed by atoms with Crippen molar-refractivity contribution in [2.75, 3.05) is 19.6 Å². The van der Waals surface area contributed by atoms with Crippen LogP contribution in [-0.2, 0) is 4.79 Å². The average molecular weight is 348 g/mol. The standard InChI is InChI=1S/C21H24N4O/c26-21(16-6-10-22-11-7-16)25-14-19(15-4-2-1-3-5-15)17-8-12-23-20-18(17)9-13-24-20/h1-5,8-9,12-13,16,19,22H,6-7,10-11,14H2,(H,23,24)(H,25,26). The molecule has 1 aromatic carbocycles. The first-order valence-corrected chi connectivity index (χ1v) is 9.28. The molecule has 1 saturated heterocycles. The molecule has 0 bridgehead atoms. The Morgan fingerprint density at radius 2 is 1.96 bits per heavy atom. The van der Waals surface area contributed by atoms with E-state index in [1.54, 1.807) is 0 Å². The monoisotopic (exact) mass is 348 g/mol. The minimum atomic E-state index is 0.100. The van der Waals surface area contributed by atoms with Crippen molar-refractivity contribution in [3.63, 3.8) is 0 Å². The normalized spacial score (nSPS) is 16.5. The van der Waals surface area contributed by atoms with E-state index in [9.17, 15) is 4.79 Å². The van der Waals surface area contributed by atoms with Gasteiger partial charge in [-0.2, -0.15) is 0 Å². The third kappa shape index (κ3) is 3.48. The zero-order valence-corrected chi connectivity index (χ0v) is 14.7. The van der Waals surface area contributed by atoms with Crippen LogP contribution in [0.5, 0.6) is 0 Å². The fraction of sp³-hybridized carbons (Fsp3) is 0.333. The van der Waals surface area contributed by atoms with E-state index in [-0.39, 0.29) is 17.7 Å². The molecule has 1 unspecified atom stereocenters. The minimum Gasteiger partial charge on any atom is -0.355 e. The summed E-state index contributed by atoms with van der Waals surface area (Å²) in [4.78, 5) is 20.2. The van der Waals surface area contributed by atoms with Gasteiger partial charge in [-0.15, -0.1) is 0 Å². The van der Waals surface area contributed by atoms with E-state index in [1.165, 1.54) is 11.1 Å². The van der Waals surface area contributed by atoms with Crippen molar-refractivity contribution < 1.29 is 4.79 Å². The summed E-state index contributed by atoms with van der Waals surface area (Å²) in [6.45, 7) is 2.44. The SMILES string of the molecule is O=C(NCC(c1ccccc1)c1ccnc2[nH]ccc12)C1CCNCC1. The molecule has 1 atom stereocenters. The fourth-order valence-corrected chi connectivity index (χ4v) is 3.81. The molecule has 1 amide bonds. The third-order valence-corrected chi connectivity index (χ3v) is 5.26. The highest BCUT2D eigenvalue weighted by molar-refractivity contribution is 5.81. The molecule has 0 spiro atoms. The van der Waals surface area contributed by atoms with Crippen molar-refractivity contribution in [2.24, 2.45) is 5.92 Å². The summed E-state index contributed by atoms with van der Waals surface area (Å²) in [7, 11) is 0. The van der Waals surface area contributed by atoms with E-state index in [4.69, 9.17) is 0 Å². The van der Waals surface area contributed by atoms with Crippen molar-refractivity contribution in [3.05, 3.63) is 66.0 Å². The zero-order chi connectivity index (χ0) is 17.8. The molecule has 0 saturated carbocycles. The van der Waals surface area contributed by atoms with Crippen LogP contribution in [0.2, 0.25) is 0 Å². The Bertz CT molecular complexity index is 868. The molecular weight excluding hydrogens is 324 g/mol. The molecular formula is C21H24N4O. The number of benzene rings is 1. The molecule has 1 fully saturated rings. The lowest BCUT2D eigenvalue weighted by molar-refractivity contribution is -0.125. The lowest BCUT2D eigenvalue weighted by atomic mass is 9.89. The molecule has 4 rings (SSSR count). The van der Waals surface area contributed by atoms with E-state index in [2.05, 4.69) is 44.9 Å². The molecule has 3 N–H and O–H groups in total. The molecule has 3 aromatic rings. The smallest absolute Gasteiger partial charge is 0.223 e. The first-order valence-electron chi connectivity index (χ1n) is 9.28. The Hall–Kier alpha value is -2.66. The maximum atomic E-state index is 12.6. The van der Waals surface area contributed by atoms with Crippen LogP contribution in [0.25, 0.3) is 11.0 Å². The maximum Gasteiger partial charge on any atom is 0.223 e. The lowest BCUT2D eigenvalue weighted by Crippen LogP contribution is -2.39. The van der Waals surface area contributed by atoms with Gasteiger partial charge in [0.25, 0.3) is 0 Å². The third-order valence-electron chi connectivity index (χ3n) is 5.26. The van der Waals surface area contributed by atoms with Crippen molar-refractivity contribution >= 4 is 16.9 Å². The van der Waals surface area contributed by atoms with E-state index < -0.39 is 0 Å². The number of hydrogen-bond donors (Lipinski definition) is 3. The number of rotatable bonds is 5. The number of nitrogens with zero attached hydrogens (tertiary/aromatic N) is 1. The van der Waals surface area contributed by atoms with Crippen molar-refractivity contribution in [1.82, 2.24) is 20.6 Å². The number of pyridine rings is 1. The number of piperidine rings is 1. The van der Waals surface area contributed by atoms with Crippen LogP contribution in [0.4, 0.5) is 0 Å². The minimum absolute atomic E-state index is 0.100. The van der Waals surface area contributed by atoms with Crippen LogP contribution in [0.15, 0.2) is 54.9 Å². The van der Waals surface area contributed by atoms with Gasteiger partial charge in [0.05, 0.1) is 0 Å². The second-order valence-electron chi connectivity index (χ2n) is 6.87. The van der Waals surface area contributed by atoms with Gasteiger partial charge in [0.1, 0.15) is 5.65 Å². The highest BCUT2D eigenvalue weighted by Gasteiger charge is 2.23. The molecule has 0 radical (unpaired) electrons. The predicted octanol–water partition coefficient (Wildman–Crippen LogP) is 2.81. The molecule has 5 heteroatoms. The van der Waals surface area contributed by atoms with Crippen LogP contribution in [0.1, 0.15) is 29.9 Å². The number of amides is 1. The van der Waals surface area contributed by atoms with Gasteiger partial charge in [-0.3, -0.25) is 4.79 Å². The maximum absolute atomic E-state index is 12.6. The first-order chi connectivity index (χ1) is 12.8. The van der Waals surface area contributed by atoms with Gasteiger partial charge >= 0.3 is 0 Å². The van der Waals surface area contributed by atoms with Crippen LogP contribution < -0.4 is 10.6 Å². The fourth-order valence-electron chi connectivity index (χ4n) is 3.81. The molecule has 26 heavy (non-hydrogen) atoms. The summed E-state index contributed by atoms with van der Waals surface area (Å²) < 4.78 is 0. The van der Waals surface area contributed by atoms with Gasteiger partial charge in [-0.05, 0) is 49.2 Å². The Morgan fingerprint density at radius 1 is 1.15 bits per heavy atom.